The van der Waals surface area contributed by atoms with Gasteiger partial charge < -0.3 is 20.3 Å². The van der Waals surface area contributed by atoms with E-state index < -0.39 is 18.5 Å². The summed E-state index contributed by atoms with van der Waals surface area (Å²) in [7, 11) is 0. The summed E-state index contributed by atoms with van der Waals surface area (Å²) in [6.45, 7) is 1.21. The van der Waals surface area contributed by atoms with Crippen LogP contribution in [-0.4, -0.2) is 34.8 Å². The molecule has 0 atom stereocenters. The highest BCUT2D eigenvalue weighted by Crippen LogP contribution is 2.44. The van der Waals surface area contributed by atoms with E-state index in [1.165, 1.54) is 38.5 Å². The number of anilines is 1. The van der Waals surface area contributed by atoms with Gasteiger partial charge in [0, 0.05) is 22.2 Å². The SMILES string of the molecule is Cc1c(-c2cccc(NC3C4CCCC3CCC4)c2)sc(C(=O)O)c1OCC(=O)O. The number of aromatic carboxylic acids is 1. The number of nitrogens with one attached hydrogen (secondary N) is 1. The van der Waals surface area contributed by atoms with Crippen molar-refractivity contribution >= 4 is 29.0 Å². The first kappa shape index (κ1) is 20.7. The molecule has 2 aromatic rings. The zero-order valence-corrected chi connectivity index (χ0v) is 17.8. The van der Waals surface area contributed by atoms with E-state index in [9.17, 15) is 14.7 Å². The lowest BCUT2D eigenvalue weighted by atomic mass is 9.68. The normalized spacial score (nSPS) is 23.0. The molecule has 0 spiro atoms. The number of carboxylic acid groups (broad SMARTS) is 2. The Labute approximate surface area is 179 Å². The molecule has 0 saturated heterocycles. The second-order valence-corrected chi connectivity index (χ2v) is 9.36. The Morgan fingerprint density at radius 1 is 1.13 bits per heavy atom. The molecule has 6 nitrogen and oxygen atoms in total. The topological polar surface area (TPSA) is 95.9 Å². The van der Waals surface area contributed by atoms with Gasteiger partial charge in [0.05, 0.1) is 0 Å². The van der Waals surface area contributed by atoms with Gasteiger partial charge in [0.25, 0.3) is 0 Å². The largest absolute Gasteiger partial charge is 0.480 e. The van der Waals surface area contributed by atoms with Crippen LogP contribution in [0.2, 0.25) is 0 Å². The summed E-state index contributed by atoms with van der Waals surface area (Å²) in [6.07, 6.45) is 7.85. The fraction of sp³-hybridized carbons (Fsp3) is 0.478. The van der Waals surface area contributed by atoms with Crippen molar-refractivity contribution in [1.82, 2.24) is 0 Å². The molecule has 1 heterocycles. The van der Waals surface area contributed by atoms with Crippen LogP contribution in [0.5, 0.6) is 5.75 Å². The van der Waals surface area contributed by atoms with Crippen LogP contribution in [0.1, 0.15) is 53.8 Å². The summed E-state index contributed by atoms with van der Waals surface area (Å²) >= 11 is 1.13. The number of carbonyl (C=O) groups is 2. The quantitative estimate of drug-likeness (QED) is 0.555. The predicted octanol–water partition coefficient (Wildman–Crippen LogP) is 5.27. The number of carboxylic acids is 2. The van der Waals surface area contributed by atoms with Crippen LogP contribution < -0.4 is 10.1 Å². The van der Waals surface area contributed by atoms with Crippen molar-refractivity contribution < 1.29 is 24.5 Å². The maximum absolute atomic E-state index is 11.7. The summed E-state index contributed by atoms with van der Waals surface area (Å²) in [5.74, 6) is -0.634. The number of ether oxygens (including phenoxy) is 1. The molecule has 0 amide bonds. The standard InChI is InChI=1S/C23H27NO5S/c1-13-20(29-12-18(25)26)22(23(27)28)30-21(13)16-9-4-10-17(11-16)24-19-14-5-2-6-15(19)8-3-7-14/h4,9-11,14-15,19,24H,2-3,5-8,12H2,1H3,(H,25,26)(H,27,28). The summed E-state index contributed by atoms with van der Waals surface area (Å²) in [5, 5.41) is 22.2. The van der Waals surface area contributed by atoms with Gasteiger partial charge in [-0.15, -0.1) is 11.3 Å². The number of hydrogen-bond donors (Lipinski definition) is 3. The third-order valence-corrected chi connectivity index (χ3v) is 7.71. The summed E-state index contributed by atoms with van der Waals surface area (Å²) in [6, 6.07) is 8.58. The Balaban J connectivity index is 1.61. The number of rotatable bonds is 7. The van der Waals surface area contributed by atoms with E-state index in [4.69, 9.17) is 9.84 Å². The Kier molecular flexibility index (Phi) is 5.99. The van der Waals surface area contributed by atoms with Crippen molar-refractivity contribution in [3.8, 4) is 16.2 Å². The van der Waals surface area contributed by atoms with E-state index in [1.807, 2.05) is 12.1 Å². The van der Waals surface area contributed by atoms with Gasteiger partial charge in [-0.1, -0.05) is 25.0 Å². The monoisotopic (exact) mass is 429 g/mol. The minimum absolute atomic E-state index is 0.0314. The van der Waals surface area contributed by atoms with Crippen molar-refractivity contribution in [2.45, 2.75) is 51.5 Å². The fourth-order valence-corrected chi connectivity index (χ4v) is 6.16. The second-order valence-electron chi connectivity index (χ2n) is 8.33. The van der Waals surface area contributed by atoms with Gasteiger partial charge in [0.2, 0.25) is 0 Å². The van der Waals surface area contributed by atoms with E-state index in [0.717, 1.165) is 39.3 Å². The lowest BCUT2D eigenvalue weighted by molar-refractivity contribution is -0.139. The molecule has 2 fully saturated rings. The molecule has 3 N–H and O–H groups in total. The molecule has 0 unspecified atom stereocenters. The van der Waals surface area contributed by atoms with E-state index in [0.29, 0.717) is 11.6 Å². The van der Waals surface area contributed by atoms with Crippen molar-refractivity contribution in [3.05, 3.63) is 34.7 Å². The molecular weight excluding hydrogens is 402 g/mol. The highest BCUT2D eigenvalue weighted by Gasteiger charge is 2.36. The Morgan fingerprint density at radius 2 is 1.80 bits per heavy atom. The molecule has 2 aliphatic rings. The second kappa shape index (κ2) is 8.68. The number of benzene rings is 1. The third kappa shape index (κ3) is 4.17. The molecule has 0 aliphatic heterocycles. The molecular formula is C23H27NO5S. The molecule has 160 valence electrons. The van der Waals surface area contributed by atoms with Crippen molar-refractivity contribution in [3.63, 3.8) is 0 Å². The van der Waals surface area contributed by atoms with Crippen LogP contribution in [0.3, 0.4) is 0 Å². The number of thiophene rings is 1. The smallest absolute Gasteiger partial charge is 0.349 e. The van der Waals surface area contributed by atoms with Gasteiger partial charge in [-0.05, 0) is 62.1 Å². The molecule has 0 radical (unpaired) electrons. The van der Waals surface area contributed by atoms with E-state index in [2.05, 4.69) is 17.4 Å². The molecule has 2 aliphatic carbocycles. The van der Waals surface area contributed by atoms with Gasteiger partial charge in [-0.3, -0.25) is 0 Å². The van der Waals surface area contributed by atoms with Crippen LogP contribution in [0.4, 0.5) is 5.69 Å². The van der Waals surface area contributed by atoms with Crippen LogP contribution in [0.25, 0.3) is 10.4 Å². The maximum Gasteiger partial charge on any atom is 0.349 e. The van der Waals surface area contributed by atoms with E-state index in [1.54, 1.807) is 6.92 Å². The molecule has 2 bridgehead atoms. The van der Waals surface area contributed by atoms with Crippen molar-refractivity contribution in [1.29, 1.82) is 0 Å². The summed E-state index contributed by atoms with van der Waals surface area (Å²) in [4.78, 5) is 23.4. The first-order valence-corrected chi connectivity index (χ1v) is 11.3. The minimum Gasteiger partial charge on any atom is -0.480 e. The first-order valence-electron chi connectivity index (χ1n) is 10.5. The highest BCUT2D eigenvalue weighted by atomic mass is 32.1. The number of aliphatic carboxylic acids is 1. The van der Waals surface area contributed by atoms with Gasteiger partial charge in [-0.25, -0.2) is 9.59 Å². The molecule has 30 heavy (non-hydrogen) atoms. The molecule has 1 aromatic heterocycles. The molecule has 4 rings (SSSR count). The summed E-state index contributed by atoms with van der Waals surface area (Å²) in [5.41, 5.74) is 2.62. The lowest BCUT2D eigenvalue weighted by Crippen LogP contribution is -2.42. The van der Waals surface area contributed by atoms with Gasteiger partial charge in [0.1, 0.15) is 5.75 Å². The third-order valence-electron chi connectivity index (χ3n) is 6.40. The molecule has 2 saturated carbocycles. The van der Waals surface area contributed by atoms with Crippen molar-refractivity contribution in [2.75, 3.05) is 11.9 Å². The summed E-state index contributed by atoms with van der Waals surface area (Å²) < 4.78 is 5.31. The number of fused-ring (bicyclic) bond motifs is 2. The Morgan fingerprint density at radius 3 is 2.40 bits per heavy atom. The predicted molar refractivity (Wildman–Crippen MR) is 117 cm³/mol. The van der Waals surface area contributed by atoms with Crippen LogP contribution in [0.15, 0.2) is 24.3 Å². The molecule has 1 aromatic carbocycles. The fourth-order valence-electron chi connectivity index (χ4n) is 5.08. The minimum atomic E-state index is -1.14. The van der Waals surface area contributed by atoms with Gasteiger partial charge in [-0.2, -0.15) is 0 Å². The average molecular weight is 430 g/mol. The average Bonchev–Trinajstić information content (AvgIpc) is 3.03. The zero-order valence-electron chi connectivity index (χ0n) is 17.0. The van der Waals surface area contributed by atoms with Crippen LogP contribution in [0, 0.1) is 18.8 Å². The first-order chi connectivity index (χ1) is 14.4. The Bertz CT molecular complexity index is 931. The van der Waals surface area contributed by atoms with E-state index >= 15 is 0 Å². The van der Waals surface area contributed by atoms with E-state index in [-0.39, 0.29) is 10.6 Å². The van der Waals surface area contributed by atoms with Crippen LogP contribution >= 0.6 is 11.3 Å². The highest BCUT2D eigenvalue weighted by molar-refractivity contribution is 7.18. The van der Waals surface area contributed by atoms with Gasteiger partial charge in [0.15, 0.2) is 11.5 Å². The van der Waals surface area contributed by atoms with Gasteiger partial charge >= 0.3 is 11.9 Å². The Hall–Kier alpha value is -2.54. The maximum atomic E-state index is 11.7. The lowest BCUT2D eigenvalue weighted by Gasteiger charge is -2.43. The molecule has 7 heteroatoms. The van der Waals surface area contributed by atoms with Crippen molar-refractivity contribution in [2.24, 2.45) is 11.8 Å². The zero-order chi connectivity index (χ0) is 21.3. The number of hydrogen-bond acceptors (Lipinski definition) is 5. The van der Waals surface area contributed by atoms with Crippen LogP contribution in [-0.2, 0) is 4.79 Å².